The van der Waals surface area contributed by atoms with Crippen LogP contribution in [0.15, 0.2) is 6.08 Å². The van der Waals surface area contributed by atoms with Gasteiger partial charge in [0, 0.05) is 11.5 Å². The summed E-state index contributed by atoms with van der Waals surface area (Å²) in [6, 6.07) is 0. The second-order valence-corrected chi connectivity index (χ2v) is 3.70. The number of hydrogen-bond donors (Lipinski definition) is 0. The van der Waals surface area contributed by atoms with E-state index in [9.17, 15) is 0 Å². The molecule has 1 saturated heterocycles. The van der Waals surface area contributed by atoms with Crippen molar-refractivity contribution in [1.82, 2.24) is 0 Å². The lowest BCUT2D eigenvalue weighted by molar-refractivity contribution is -0.229. The molecule has 0 aromatic heterocycles. The minimum Gasteiger partial charge on any atom is -0.342 e. The fourth-order valence-corrected chi connectivity index (χ4v) is 0.914. The maximum absolute atomic E-state index is 5.40. The predicted octanol–water partition coefficient (Wildman–Crippen LogP) is 1.13. The molecule has 1 aliphatic heterocycles. The Morgan fingerprint density at radius 3 is 2.20 bits per heavy atom. The van der Waals surface area contributed by atoms with E-state index in [1.807, 2.05) is 6.08 Å². The summed E-state index contributed by atoms with van der Waals surface area (Å²) in [4.78, 5) is 0. The normalized spacial score (nSPS) is 32.6. The molecule has 55 valence electrons. The van der Waals surface area contributed by atoms with Gasteiger partial charge in [-0.05, 0) is 6.08 Å². The van der Waals surface area contributed by atoms with Crippen molar-refractivity contribution in [3.8, 4) is 0 Å². The van der Waals surface area contributed by atoms with Gasteiger partial charge in [-0.2, -0.15) is 0 Å². The number of ether oxygens (including phenoxy) is 2. The number of rotatable bonds is 0. The fourth-order valence-electron chi connectivity index (χ4n) is 0.914. The van der Waals surface area contributed by atoms with E-state index in [2.05, 4.69) is 19.9 Å². The van der Waals surface area contributed by atoms with Gasteiger partial charge in [0.15, 0.2) is 0 Å². The average molecular weight is 139 g/mol. The highest BCUT2D eigenvalue weighted by molar-refractivity contribution is 5.18. The van der Waals surface area contributed by atoms with Crippen molar-refractivity contribution in [2.75, 3.05) is 13.2 Å². The van der Waals surface area contributed by atoms with Gasteiger partial charge < -0.3 is 9.47 Å². The first-order chi connectivity index (χ1) is 4.62. The fraction of sp³-hybridized carbons (Fsp3) is 0.750. The van der Waals surface area contributed by atoms with Crippen molar-refractivity contribution < 1.29 is 9.47 Å². The molecule has 2 heteroatoms. The smallest absolute Gasteiger partial charge is 0.216 e. The molecule has 0 saturated carbocycles. The molecular formula is C8H11O2. The van der Waals surface area contributed by atoms with E-state index in [1.54, 1.807) is 0 Å². The van der Waals surface area contributed by atoms with Crippen LogP contribution in [0.3, 0.4) is 0 Å². The summed E-state index contributed by atoms with van der Waals surface area (Å²) in [5.41, 5.74) is 0.170. The molecule has 1 heterocycles. The molecule has 1 spiro atoms. The van der Waals surface area contributed by atoms with Gasteiger partial charge >= 0.3 is 0 Å². The third kappa shape index (κ3) is 0.976. The molecule has 2 rings (SSSR count). The Morgan fingerprint density at radius 1 is 1.30 bits per heavy atom. The molecule has 1 aliphatic carbocycles. The standard InChI is InChI=1S/C8H11O2/c1-7(2)5-9-8(3-4-8)10-6-7/h3H,5-6H2,1-2H3. The Labute approximate surface area is 60.8 Å². The van der Waals surface area contributed by atoms with Crippen molar-refractivity contribution in [1.29, 1.82) is 0 Å². The van der Waals surface area contributed by atoms with Gasteiger partial charge in [0.2, 0.25) is 5.79 Å². The summed E-state index contributed by atoms with van der Waals surface area (Å²) >= 11 is 0. The van der Waals surface area contributed by atoms with E-state index in [0.717, 1.165) is 13.2 Å². The van der Waals surface area contributed by atoms with Crippen LogP contribution in [-0.4, -0.2) is 19.0 Å². The minimum absolute atomic E-state index is 0.170. The molecule has 0 unspecified atom stereocenters. The second kappa shape index (κ2) is 1.63. The second-order valence-electron chi connectivity index (χ2n) is 3.70. The highest BCUT2D eigenvalue weighted by Crippen LogP contribution is 2.36. The summed E-state index contributed by atoms with van der Waals surface area (Å²) in [6.07, 6.45) is 4.74. The molecule has 0 N–H and O–H groups in total. The van der Waals surface area contributed by atoms with Gasteiger partial charge in [0.25, 0.3) is 0 Å². The molecule has 10 heavy (non-hydrogen) atoms. The average Bonchev–Trinajstić information content (AvgIpc) is 2.60. The van der Waals surface area contributed by atoms with E-state index in [1.165, 1.54) is 0 Å². The zero-order valence-electron chi connectivity index (χ0n) is 6.31. The van der Waals surface area contributed by atoms with Crippen molar-refractivity contribution in [3.63, 3.8) is 0 Å². The topological polar surface area (TPSA) is 18.5 Å². The summed E-state index contributed by atoms with van der Waals surface area (Å²) in [7, 11) is 0. The van der Waals surface area contributed by atoms with Crippen molar-refractivity contribution >= 4 is 0 Å². The quantitative estimate of drug-likeness (QED) is 0.501. The van der Waals surface area contributed by atoms with Crippen LogP contribution in [0.1, 0.15) is 13.8 Å². The first-order valence-electron chi connectivity index (χ1n) is 3.52. The first-order valence-corrected chi connectivity index (χ1v) is 3.52. The van der Waals surface area contributed by atoms with Gasteiger partial charge in [-0.25, -0.2) is 0 Å². The summed E-state index contributed by atoms with van der Waals surface area (Å²) in [5, 5.41) is 0. The summed E-state index contributed by atoms with van der Waals surface area (Å²) < 4.78 is 10.8. The van der Waals surface area contributed by atoms with Gasteiger partial charge in [-0.1, -0.05) is 13.8 Å². The Hall–Kier alpha value is -0.340. The molecule has 2 nitrogen and oxygen atoms in total. The van der Waals surface area contributed by atoms with E-state index in [0.29, 0.717) is 0 Å². The van der Waals surface area contributed by atoms with E-state index < -0.39 is 5.79 Å². The highest BCUT2D eigenvalue weighted by atomic mass is 16.7. The third-order valence-corrected chi connectivity index (χ3v) is 1.73. The summed E-state index contributed by atoms with van der Waals surface area (Å²) in [5.74, 6) is -0.491. The van der Waals surface area contributed by atoms with Crippen LogP contribution in [-0.2, 0) is 9.47 Å². The van der Waals surface area contributed by atoms with E-state index >= 15 is 0 Å². The van der Waals surface area contributed by atoms with Crippen molar-refractivity contribution in [2.24, 2.45) is 5.41 Å². The molecule has 1 radical (unpaired) electrons. The van der Waals surface area contributed by atoms with Gasteiger partial charge in [-0.3, -0.25) is 0 Å². The number of hydrogen-bond acceptors (Lipinski definition) is 2. The van der Waals surface area contributed by atoms with Crippen LogP contribution < -0.4 is 0 Å². The maximum atomic E-state index is 5.40. The lowest BCUT2D eigenvalue weighted by Crippen LogP contribution is -2.39. The van der Waals surface area contributed by atoms with Gasteiger partial charge in [0.05, 0.1) is 13.2 Å². The molecular weight excluding hydrogens is 128 g/mol. The highest BCUT2D eigenvalue weighted by Gasteiger charge is 2.44. The van der Waals surface area contributed by atoms with Crippen molar-refractivity contribution in [3.05, 3.63) is 12.2 Å². The van der Waals surface area contributed by atoms with E-state index in [-0.39, 0.29) is 5.41 Å². The lowest BCUT2D eigenvalue weighted by atomic mass is 9.95. The molecule has 0 amide bonds. The van der Waals surface area contributed by atoms with Crippen LogP contribution in [0.5, 0.6) is 0 Å². The molecule has 1 fully saturated rings. The largest absolute Gasteiger partial charge is 0.342 e. The molecule has 2 aliphatic rings. The zero-order valence-corrected chi connectivity index (χ0v) is 6.31. The molecule has 0 aromatic carbocycles. The Balaban J connectivity index is 1.96. The van der Waals surface area contributed by atoms with Crippen LogP contribution in [0, 0.1) is 11.5 Å². The SMILES string of the molecule is CC1(C)COC2([C]=C2)OC1. The Kier molecular flexibility index (Phi) is 1.04. The van der Waals surface area contributed by atoms with Crippen LogP contribution in [0.4, 0.5) is 0 Å². The molecule has 0 bridgehead atoms. The van der Waals surface area contributed by atoms with Crippen molar-refractivity contribution in [2.45, 2.75) is 19.6 Å². The van der Waals surface area contributed by atoms with E-state index in [4.69, 9.17) is 9.47 Å². The molecule has 0 atom stereocenters. The monoisotopic (exact) mass is 139 g/mol. The first kappa shape index (κ1) is 6.38. The Morgan fingerprint density at radius 2 is 1.80 bits per heavy atom. The van der Waals surface area contributed by atoms with Gasteiger partial charge in [0.1, 0.15) is 0 Å². The lowest BCUT2D eigenvalue weighted by Gasteiger charge is -2.34. The summed E-state index contributed by atoms with van der Waals surface area (Å²) in [6.45, 7) is 5.78. The van der Waals surface area contributed by atoms with Crippen LogP contribution >= 0.6 is 0 Å². The Bertz CT molecular complexity index is 158. The van der Waals surface area contributed by atoms with Crippen LogP contribution in [0.25, 0.3) is 0 Å². The molecule has 0 aromatic rings. The maximum Gasteiger partial charge on any atom is 0.216 e. The van der Waals surface area contributed by atoms with Gasteiger partial charge in [-0.15, -0.1) is 0 Å². The third-order valence-electron chi connectivity index (χ3n) is 1.73. The predicted molar refractivity (Wildman–Crippen MR) is 36.2 cm³/mol. The zero-order chi connectivity index (χ0) is 7.24. The van der Waals surface area contributed by atoms with Crippen LogP contribution in [0.2, 0.25) is 0 Å². The minimum atomic E-state index is -0.491.